The average molecular weight is 388 g/mol. The number of aromatic nitrogens is 3. The van der Waals surface area contributed by atoms with Crippen molar-refractivity contribution < 1.29 is 9.59 Å². The van der Waals surface area contributed by atoms with Gasteiger partial charge in [-0.15, -0.1) is 10.2 Å². The quantitative estimate of drug-likeness (QED) is 0.594. The number of Topliss-reactive ketones (excluding diaryl/α,β-unsaturated/α-hetero) is 2. The first-order valence-electron chi connectivity index (χ1n) is 8.93. The molecule has 142 valence electrons. The van der Waals surface area contributed by atoms with Crippen molar-refractivity contribution in [2.45, 2.75) is 44.2 Å². The van der Waals surface area contributed by atoms with Crippen LogP contribution in [0.3, 0.4) is 0 Å². The van der Waals surface area contributed by atoms with Crippen LogP contribution in [0, 0.1) is 5.92 Å². The lowest BCUT2D eigenvalue weighted by atomic mass is 9.75. The zero-order valence-corrected chi connectivity index (χ0v) is 15.8. The topological polar surface area (TPSA) is 125 Å². The van der Waals surface area contributed by atoms with Gasteiger partial charge in [-0.05, 0) is 32.1 Å². The van der Waals surface area contributed by atoms with E-state index in [1.807, 2.05) is 6.92 Å². The molecule has 3 rings (SSSR count). The molecule has 1 aromatic carbocycles. The maximum absolute atomic E-state index is 12.4. The number of carbonyl (C=O) groups excluding carboxylic acids is 2. The fraction of sp³-hybridized carbons (Fsp3) is 0.421. The lowest BCUT2D eigenvalue weighted by molar-refractivity contribution is 0.0813. The van der Waals surface area contributed by atoms with Gasteiger partial charge in [0.15, 0.2) is 16.7 Å². The van der Waals surface area contributed by atoms with Crippen LogP contribution in [-0.2, 0) is 0 Å². The van der Waals surface area contributed by atoms with Crippen LogP contribution in [0.1, 0.15) is 58.8 Å². The number of carbonyl (C=O) groups is 2. The number of rotatable bonds is 5. The molecular weight excluding hydrogens is 366 g/mol. The molecule has 0 bridgehead atoms. The molecule has 27 heavy (non-hydrogen) atoms. The predicted octanol–water partition coefficient (Wildman–Crippen LogP) is 2.15. The molecule has 1 aromatic heterocycles. The number of hydrogen-bond donors (Lipinski definition) is 2. The van der Waals surface area contributed by atoms with Crippen molar-refractivity contribution in [2.75, 3.05) is 0 Å². The molecule has 1 heterocycles. The highest BCUT2D eigenvalue weighted by molar-refractivity contribution is 6.51. The molecule has 1 fully saturated rings. The van der Waals surface area contributed by atoms with E-state index in [0.29, 0.717) is 5.82 Å². The van der Waals surface area contributed by atoms with E-state index in [9.17, 15) is 9.59 Å². The molecule has 4 N–H and O–H groups in total. The van der Waals surface area contributed by atoms with Gasteiger partial charge in [-0.1, -0.05) is 41.9 Å². The summed E-state index contributed by atoms with van der Waals surface area (Å²) in [5.41, 5.74) is 12.2. The van der Waals surface area contributed by atoms with Crippen LogP contribution in [0.5, 0.6) is 0 Å². The van der Waals surface area contributed by atoms with E-state index < -0.39 is 11.6 Å². The van der Waals surface area contributed by atoms with E-state index >= 15 is 0 Å². The Morgan fingerprint density at radius 3 is 2.48 bits per heavy atom. The van der Waals surface area contributed by atoms with Gasteiger partial charge in [-0.25, -0.2) is 4.98 Å². The lowest BCUT2D eigenvalue weighted by Crippen LogP contribution is -2.44. The van der Waals surface area contributed by atoms with Crippen molar-refractivity contribution in [1.29, 1.82) is 0 Å². The van der Waals surface area contributed by atoms with Crippen LogP contribution in [0.25, 0.3) is 0 Å². The summed E-state index contributed by atoms with van der Waals surface area (Å²) in [4.78, 5) is 29.0. The van der Waals surface area contributed by atoms with E-state index in [0.717, 1.165) is 19.3 Å². The van der Waals surface area contributed by atoms with Crippen molar-refractivity contribution >= 4 is 23.2 Å². The van der Waals surface area contributed by atoms with Gasteiger partial charge in [-0.3, -0.25) is 9.59 Å². The Morgan fingerprint density at radius 2 is 1.85 bits per heavy atom. The molecule has 2 aromatic rings. The molecule has 1 aliphatic carbocycles. The highest BCUT2D eigenvalue weighted by Crippen LogP contribution is 2.35. The van der Waals surface area contributed by atoms with E-state index in [2.05, 4.69) is 15.2 Å². The Labute approximate surface area is 162 Å². The second-order valence-electron chi connectivity index (χ2n) is 7.03. The summed E-state index contributed by atoms with van der Waals surface area (Å²) >= 11 is 6.17. The normalized spacial score (nSPS) is 23.6. The molecule has 8 heteroatoms. The van der Waals surface area contributed by atoms with Gasteiger partial charge in [0.25, 0.3) is 5.78 Å². The zero-order valence-electron chi connectivity index (χ0n) is 15.0. The van der Waals surface area contributed by atoms with E-state index in [4.69, 9.17) is 23.1 Å². The van der Waals surface area contributed by atoms with Gasteiger partial charge in [0, 0.05) is 23.6 Å². The van der Waals surface area contributed by atoms with Gasteiger partial charge in [0.2, 0.25) is 5.78 Å². The minimum atomic E-state index is -0.822. The Morgan fingerprint density at radius 1 is 1.15 bits per heavy atom. The van der Waals surface area contributed by atoms with E-state index in [-0.39, 0.29) is 40.3 Å². The molecule has 1 aliphatic rings. The smallest absolute Gasteiger partial charge is 0.256 e. The van der Waals surface area contributed by atoms with Crippen LogP contribution >= 0.6 is 11.6 Å². The largest absolute Gasteiger partial charge is 0.328 e. The molecule has 0 aliphatic heterocycles. The van der Waals surface area contributed by atoms with Crippen molar-refractivity contribution in [3.05, 3.63) is 52.6 Å². The van der Waals surface area contributed by atoms with Crippen LogP contribution in [0.15, 0.2) is 30.3 Å². The maximum atomic E-state index is 12.4. The molecule has 0 radical (unpaired) electrons. The van der Waals surface area contributed by atoms with Crippen molar-refractivity contribution in [1.82, 2.24) is 15.2 Å². The zero-order chi connectivity index (χ0) is 19.6. The average Bonchev–Trinajstić information content (AvgIpc) is 2.67. The number of ketones is 2. The summed E-state index contributed by atoms with van der Waals surface area (Å²) in [5, 5.41) is 7.88. The summed E-state index contributed by atoms with van der Waals surface area (Å²) in [7, 11) is 0. The Bertz CT molecular complexity index is 843. The van der Waals surface area contributed by atoms with Gasteiger partial charge in [0.05, 0.1) is 0 Å². The molecule has 0 spiro atoms. The second kappa shape index (κ2) is 8.21. The number of halogens is 1. The summed E-state index contributed by atoms with van der Waals surface area (Å²) in [6.07, 6.45) is 2.36. The Balaban J connectivity index is 1.80. The third kappa shape index (κ3) is 4.21. The van der Waals surface area contributed by atoms with Gasteiger partial charge < -0.3 is 11.5 Å². The molecular formula is C19H22ClN5O2. The Hall–Kier alpha value is -2.22. The van der Waals surface area contributed by atoms with Crippen LogP contribution in [0.2, 0.25) is 5.15 Å². The molecule has 7 nitrogen and oxygen atoms in total. The summed E-state index contributed by atoms with van der Waals surface area (Å²) in [6, 6.07) is 8.25. The van der Waals surface area contributed by atoms with Crippen LogP contribution < -0.4 is 11.5 Å². The first-order valence-corrected chi connectivity index (χ1v) is 9.31. The first-order chi connectivity index (χ1) is 12.9. The van der Waals surface area contributed by atoms with E-state index in [1.54, 1.807) is 30.3 Å². The third-order valence-corrected chi connectivity index (χ3v) is 5.38. The van der Waals surface area contributed by atoms with Crippen molar-refractivity contribution in [3.8, 4) is 0 Å². The highest BCUT2D eigenvalue weighted by atomic mass is 35.5. The van der Waals surface area contributed by atoms with E-state index in [1.165, 1.54) is 0 Å². The SMILES string of the molecule is CC(N)C1CC(c2nnc(C(=O)C(=O)c3ccccc3)c(Cl)n2)CCC1N. The second-order valence-corrected chi connectivity index (χ2v) is 7.39. The molecule has 0 saturated heterocycles. The molecule has 1 saturated carbocycles. The first kappa shape index (κ1) is 19.5. The summed E-state index contributed by atoms with van der Waals surface area (Å²) < 4.78 is 0. The summed E-state index contributed by atoms with van der Waals surface area (Å²) in [5.74, 6) is -0.869. The fourth-order valence-corrected chi connectivity index (χ4v) is 3.74. The number of nitrogens with zero attached hydrogens (tertiary/aromatic N) is 3. The highest BCUT2D eigenvalue weighted by Gasteiger charge is 2.33. The van der Waals surface area contributed by atoms with Crippen molar-refractivity contribution in [3.63, 3.8) is 0 Å². The van der Waals surface area contributed by atoms with Crippen molar-refractivity contribution in [2.24, 2.45) is 17.4 Å². The predicted molar refractivity (Wildman–Crippen MR) is 102 cm³/mol. The minimum Gasteiger partial charge on any atom is -0.328 e. The van der Waals surface area contributed by atoms with Gasteiger partial charge in [0.1, 0.15) is 0 Å². The summed E-state index contributed by atoms with van der Waals surface area (Å²) in [6.45, 7) is 1.94. The van der Waals surface area contributed by atoms with Crippen LogP contribution in [0.4, 0.5) is 0 Å². The molecule has 0 amide bonds. The minimum absolute atomic E-state index is 0.0276. The standard InChI is InChI=1S/C19H22ClN5O2/c1-10(21)13-9-12(7-8-14(13)22)19-23-18(20)15(24-25-19)17(27)16(26)11-5-3-2-4-6-11/h2-6,10,12-14H,7-9,21-22H2,1H3. The number of benzene rings is 1. The fourth-order valence-electron chi connectivity index (χ4n) is 3.53. The monoisotopic (exact) mass is 387 g/mol. The number of hydrogen-bond acceptors (Lipinski definition) is 7. The molecule has 4 unspecified atom stereocenters. The lowest BCUT2D eigenvalue weighted by Gasteiger charge is -2.35. The third-order valence-electron chi connectivity index (χ3n) is 5.11. The van der Waals surface area contributed by atoms with Gasteiger partial charge >= 0.3 is 0 Å². The Kier molecular flexibility index (Phi) is 5.94. The maximum Gasteiger partial charge on any atom is 0.256 e. The molecule has 4 atom stereocenters. The van der Waals surface area contributed by atoms with Crippen LogP contribution in [-0.4, -0.2) is 38.8 Å². The van der Waals surface area contributed by atoms with Gasteiger partial charge in [-0.2, -0.15) is 0 Å². The number of nitrogens with two attached hydrogens (primary N) is 2.